The monoisotopic (exact) mass is 234 g/mol. The first-order chi connectivity index (χ1) is 6.97. The Kier molecular flexibility index (Phi) is 3.36. The summed E-state index contributed by atoms with van der Waals surface area (Å²) in [6.07, 6.45) is 0. The van der Waals surface area contributed by atoms with Crippen LogP contribution in [0.4, 0.5) is 8.78 Å². The summed E-state index contributed by atoms with van der Waals surface area (Å²) in [5.74, 6) is -4.64. The second-order valence-corrected chi connectivity index (χ2v) is 2.97. The summed E-state index contributed by atoms with van der Waals surface area (Å²) in [5.41, 5.74) is -0.690. The van der Waals surface area contributed by atoms with Gasteiger partial charge in [-0.1, -0.05) is 11.6 Å². The highest BCUT2D eigenvalue weighted by Gasteiger charge is 2.24. The molecule has 0 aliphatic rings. The molecule has 1 aromatic carbocycles. The molecule has 0 saturated carbocycles. The van der Waals surface area contributed by atoms with Crippen LogP contribution in [0.15, 0.2) is 12.1 Å². The van der Waals surface area contributed by atoms with Crippen LogP contribution >= 0.6 is 11.6 Å². The minimum atomic E-state index is -1.26. The van der Waals surface area contributed by atoms with Gasteiger partial charge in [-0.2, -0.15) is 0 Å². The summed E-state index contributed by atoms with van der Waals surface area (Å²) in [4.78, 5) is 22.0. The number of ether oxygens (including phenoxy) is 1. The first-order valence-electron chi connectivity index (χ1n) is 3.74. The molecular weight excluding hydrogens is 230 g/mol. The maximum atomic E-state index is 13.1. The molecule has 0 spiro atoms. The zero-order valence-corrected chi connectivity index (χ0v) is 8.27. The molecule has 1 rings (SSSR count). The van der Waals surface area contributed by atoms with E-state index in [1.165, 1.54) is 0 Å². The maximum Gasteiger partial charge on any atom is 0.379 e. The molecule has 0 fully saturated rings. The lowest BCUT2D eigenvalue weighted by molar-refractivity contribution is -0.135. The number of ketones is 1. The second-order valence-electron chi connectivity index (χ2n) is 2.57. The Hall–Kier alpha value is -1.49. The van der Waals surface area contributed by atoms with Crippen molar-refractivity contribution >= 4 is 23.4 Å². The van der Waals surface area contributed by atoms with Gasteiger partial charge < -0.3 is 4.74 Å². The first kappa shape index (κ1) is 11.6. The Balaban J connectivity index is 3.26. The fraction of sp³-hybridized carbons (Fsp3) is 0.111. The number of hydrogen-bond acceptors (Lipinski definition) is 3. The van der Waals surface area contributed by atoms with Gasteiger partial charge in [0.1, 0.15) is 11.6 Å². The minimum absolute atomic E-state index is 0.460. The number of Topliss-reactive ketones (excluding diaryl/α,β-unsaturated/α-hetero) is 1. The van der Waals surface area contributed by atoms with Gasteiger partial charge in [0, 0.05) is 6.07 Å². The third kappa shape index (κ3) is 2.30. The van der Waals surface area contributed by atoms with Crippen LogP contribution in [-0.4, -0.2) is 18.9 Å². The van der Waals surface area contributed by atoms with Gasteiger partial charge >= 0.3 is 5.97 Å². The van der Waals surface area contributed by atoms with Gasteiger partial charge in [-0.15, -0.1) is 0 Å². The van der Waals surface area contributed by atoms with Gasteiger partial charge in [-0.05, 0) is 6.07 Å². The van der Waals surface area contributed by atoms with Crippen LogP contribution in [0.25, 0.3) is 0 Å². The average Bonchev–Trinajstić information content (AvgIpc) is 2.14. The topological polar surface area (TPSA) is 43.4 Å². The Morgan fingerprint density at radius 3 is 2.40 bits per heavy atom. The largest absolute Gasteiger partial charge is 0.463 e. The number of methoxy groups -OCH3 is 1. The summed E-state index contributed by atoms with van der Waals surface area (Å²) in [5, 5.41) is -0.470. The van der Waals surface area contributed by atoms with Gasteiger partial charge in [0.25, 0.3) is 5.78 Å². The summed E-state index contributed by atoms with van der Waals surface area (Å²) in [6.45, 7) is 0. The molecule has 0 radical (unpaired) electrons. The van der Waals surface area contributed by atoms with Gasteiger partial charge in [-0.3, -0.25) is 4.79 Å². The van der Waals surface area contributed by atoms with E-state index in [-0.39, 0.29) is 0 Å². The molecule has 3 nitrogen and oxygen atoms in total. The van der Waals surface area contributed by atoms with E-state index in [0.717, 1.165) is 13.2 Å². The molecule has 0 saturated heterocycles. The smallest absolute Gasteiger partial charge is 0.379 e. The third-order valence-electron chi connectivity index (χ3n) is 1.60. The number of hydrogen-bond donors (Lipinski definition) is 0. The van der Waals surface area contributed by atoms with Crippen molar-refractivity contribution in [2.45, 2.75) is 0 Å². The number of carbonyl (C=O) groups is 2. The fourth-order valence-electron chi connectivity index (χ4n) is 0.954. The van der Waals surface area contributed by atoms with Crippen molar-refractivity contribution in [1.82, 2.24) is 0 Å². The van der Waals surface area contributed by atoms with Crippen molar-refractivity contribution in [2.75, 3.05) is 7.11 Å². The molecule has 15 heavy (non-hydrogen) atoms. The molecular formula is C9H5ClF2O3. The standard InChI is InChI=1S/C9H5ClF2O3/c1-15-9(14)8(13)7-5(10)2-4(11)3-6(7)12/h2-3H,1H3. The SMILES string of the molecule is COC(=O)C(=O)c1c(F)cc(F)cc1Cl. The molecule has 0 bridgehead atoms. The van der Waals surface area contributed by atoms with Crippen molar-refractivity contribution in [3.63, 3.8) is 0 Å². The Morgan fingerprint density at radius 1 is 1.33 bits per heavy atom. The third-order valence-corrected chi connectivity index (χ3v) is 1.90. The highest BCUT2D eigenvalue weighted by Crippen LogP contribution is 2.21. The quantitative estimate of drug-likeness (QED) is 0.446. The molecule has 0 atom stereocenters. The van der Waals surface area contributed by atoms with Crippen molar-refractivity contribution < 1.29 is 23.1 Å². The van der Waals surface area contributed by atoms with E-state index in [1.54, 1.807) is 0 Å². The van der Waals surface area contributed by atoms with Crippen LogP contribution in [-0.2, 0) is 9.53 Å². The van der Waals surface area contributed by atoms with E-state index in [9.17, 15) is 18.4 Å². The maximum absolute atomic E-state index is 13.1. The van der Waals surface area contributed by atoms with Crippen LogP contribution in [0, 0.1) is 11.6 Å². The summed E-state index contributed by atoms with van der Waals surface area (Å²) >= 11 is 5.42. The second kappa shape index (κ2) is 4.35. The van der Waals surface area contributed by atoms with Crippen LogP contribution in [0.5, 0.6) is 0 Å². The lowest BCUT2D eigenvalue weighted by Crippen LogP contribution is -2.17. The summed E-state index contributed by atoms with van der Waals surface area (Å²) in [7, 11) is 0.968. The molecule has 80 valence electrons. The predicted molar refractivity (Wildman–Crippen MR) is 47.7 cm³/mol. The lowest BCUT2D eigenvalue weighted by Gasteiger charge is -2.03. The molecule has 0 amide bonds. The molecule has 1 aromatic rings. The number of halogens is 3. The highest BCUT2D eigenvalue weighted by molar-refractivity contribution is 6.45. The first-order valence-corrected chi connectivity index (χ1v) is 4.12. The van der Waals surface area contributed by atoms with Crippen molar-refractivity contribution in [2.24, 2.45) is 0 Å². The predicted octanol–water partition coefficient (Wildman–Crippen LogP) is 1.97. The fourth-order valence-corrected chi connectivity index (χ4v) is 1.23. The zero-order valence-electron chi connectivity index (χ0n) is 7.51. The molecule has 0 unspecified atom stereocenters. The highest BCUT2D eigenvalue weighted by atomic mass is 35.5. The van der Waals surface area contributed by atoms with Gasteiger partial charge in [0.15, 0.2) is 0 Å². The molecule has 6 heteroatoms. The van der Waals surface area contributed by atoms with Crippen molar-refractivity contribution in [1.29, 1.82) is 0 Å². The number of rotatable bonds is 2. The normalized spacial score (nSPS) is 9.87. The van der Waals surface area contributed by atoms with Crippen molar-refractivity contribution in [3.05, 3.63) is 34.4 Å². The zero-order chi connectivity index (χ0) is 11.6. The van der Waals surface area contributed by atoms with E-state index in [4.69, 9.17) is 11.6 Å². The number of benzene rings is 1. The summed E-state index contributed by atoms with van der Waals surface area (Å²) < 4.78 is 29.8. The lowest BCUT2D eigenvalue weighted by atomic mass is 10.1. The van der Waals surface area contributed by atoms with E-state index < -0.39 is 34.0 Å². The molecule has 0 aliphatic heterocycles. The van der Waals surface area contributed by atoms with E-state index >= 15 is 0 Å². The van der Waals surface area contributed by atoms with Crippen LogP contribution < -0.4 is 0 Å². The molecule has 0 aromatic heterocycles. The molecule has 0 aliphatic carbocycles. The minimum Gasteiger partial charge on any atom is -0.463 e. The summed E-state index contributed by atoms with van der Waals surface area (Å²) in [6, 6.07) is 1.20. The van der Waals surface area contributed by atoms with Crippen LogP contribution in [0.3, 0.4) is 0 Å². The van der Waals surface area contributed by atoms with Gasteiger partial charge in [0.05, 0.1) is 17.7 Å². The Morgan fingerprint density at radius 2 is 1.93 bits per heavy atom. The van der Waals surface area contributed by atoms with Gasteiger partial charge in [0.2, 0.25) is 0 Å². The van der Waals surface area contributed by atoms with Crippen LogP contribution in [0.2, 0.25) is 5.02 Å². The van der Waals surface area contributed by atoms with Gasteiger partial charge in [-0.25, -0.2) is 13.6 Å². The average molecular weight is 235 g/mol. The van der Waals surface area contributed by atoms with E-state index in [0.29, 0.717) is 6.07 Å². The van der Waals surface area contributed by atoms with Crippen molar-refractivity contribution in [3.8, 4) is 0 Å². The number of esters is 1. The van der Waals surface area contributed by atoms with E-state index in [1.807, 2.05) is 0 Å². The Bertz CT molecular complexity index is 408. The number of carbonyl (C=O) groups excluding carboxylic acids is 2. The molecule has 0 N–H and O–H groups in total. The molecule has 0 heterocycles. The van der Waals surface area contributed by atoms with Crippen LogP contribution in [0.1, 0.15) is 10.4 Å². The Labute approximate surface area is 88.6 Å². The van der Waals surface area contributed by atoms with E-state index in [2.05, 4.69) is 4.74 Å².